The van der Waals surface area contributed by atoms with Crippen LogP contribution in [0, 0.1) is 11.8 Å². The van der Waals surface area contributed by atoms with Gasteiger partial charge in [0, 0.05) is 19.7 Å². The molecule has 1 heterocycles. The van der Waals surface area contributed by atoms with Crippen LogP contribution in [0.3, 0.4) is 0 Å². The second kappa shape index (κ2) is 5.55. The maximum atomic E-state index is 11.6. The fourth-order valence-corrected chi connectivity index (χ4v) is 2.91. The summed E-state index contributed by atoms with van der Waals surface area (Å²) >= 11 is 0. The van der Waals surface area contributed by atoms with Crippen LogP contribution < -0.4 is 11.5 Å². The van der Waals surface area contributed by atoms with Crippen molar-refractivity contribution in [2.45, 2.75) is 31.2 Å². The molecule has 5 heteroatoms. The largest absolute Gasteiger partial charge is 0.381 e. The van der Waals surface area contributed by atoms with Gasteiger partial charge in [0.15, 0.2) is 0 Å². The van der Waals surface area contributed by atoms with Crippen LogP contribution in [0.1, 0.15) is 25.7 Å². The van der Waals surface area contributed by atoms with Gasteiger partial charge < -0.3 is 21.1 Å². The van der Waals surface area contributed by atoms with E-state index in [2.05, 4.69) is 4.90 Å². The van der Waals surface area contributed by atoms with Crippen molar-refractivity contribution in [1.82, 2.24) is 4.90 Å². The zero-order valence-electron chi connectivity index (χ0n) is 11.2. The third-order valence-electron chi connectivity index (χ3n) is 4.12. The highest BCUT2D eigenvalue weighted by Gasteiger charge is 2.47. The van der Waals surface area contributed by atoms with Crippen LogP contribution in [0.25, 0.3) is 0 Å². The van der Waals surface area contributed by atoms with Crippen LogP contribution in [0.15, 0.2) is 0 Å². The van der Waals surface area contributed by atoms with Crippen molar-refractivity contribution in [3.8, 4) is 0 Å². The zero-order chi connectivity index (χ0) is 13.2. The van der Waals surface area contributed by atoms with Crippen LogP contribution in [0.2, 0.25) is 0 Å². The maximum Gasteiger partial charge on any atom is 0.239 e. The van der Waals surface area contributed by atoms with Gasteiger partial charge in [0.05, 0.1) is 6.61 Å². The number of hydrogen-bond donors (Lipinski definition) is 2. The number of carbonyl (C=O) groups is 1. The zero-order valence-corrected chi connectivity index (χ0v) is 11.2. The number of rotatable bonds is 6. The lowest BCUT2D eigenvalue weighted by molar-refractivity contribution is -0.124. The molecule has 1 saturated carbocycles. The van der Waals surface area contributed by atoms with Gasteiger partial charge in [0.1, 0.15) is 5.54 Å². The highest BCUT2D eigenvalue weighted by Crippen LogP contribution is 2.38. The van der Waals surface area contributed by atoms with Crippen LogP contribution in [0.4, 0.5) is 0 Å². The molecular formula is C13H25N3O2. The number of hydrogen-bond acceptors (Lipinski definition) is 4. The molecule has 18 heavy (non-hydrogen) atoms. The molecule has 1 amide bonds. The van der Waals surface area contributed by atoms with Gasteiger partial charge in [-0.15, -0.1) is 0 Å². The Morgan fingerprint density at radius 1 is 1.44 bits per heavy atom. The maximum absolute atomic E-state index is 11.6. The molecule has 2 fully saturated rings. The lowest BCUT2D eigenvalue weighted by atomic mass is 9.92. The fourth-order valence-electron chi connectivity index (χ4n) is 2.91. The van der Waals surface area contributed by atoms with E-state index in [1.807, 2.05) is 7.05 Å². The van der Waals surface area contributed by atoms with Gasteiger partial charge in [0.2, 0.25) is 5.91 Å². The quantitative estimate of drug-likeness (QED) is 0.696. The summed E-state index contributed by atoms with van der Waals surface area (Å²) in [6.07, 6.45) is 4.38. The highest BCUT2D eigenvalue weighted by molar-refractivity contribution is 5.85. The molecule has 4 N–H and O–H groups in total. The molecule has 2 unspecified atom stereocenters. The minimum Gasteiger partial charge on any atom is -0.381 e. The minimum absolute atomic E-state index is 0.278. The van der Waals surface area contributed by atoms with E-state index in [-0.39, 0.29) is 11.8 Å². The van der Waals surface area contributed by atoms with E-state index in [1.54, 1.807) is 0 Å². The molecule has 0 aromatic rings. The van der Waals surface area contributed by atoms with Gasteiger partial charge in [-0.2, -0.15) is 0 Å². The predicted molar refractivity (Wildman–Crippen MR) is 69.9 cm³/mol. The third kappa shape index (κ3) is 3.22. The van der Waals surface area contributed by atoms with E-state index >= 15 is 0 Å². The second-order valence-electron chi connectivity index (χ2n) is 5.96. The number of amides is 1. The first-order valence-corrected chi connectivity index (χ1v) is 6.87. The Kier molecular flexibility index (Phi) is 4.25. The Morgan fingerprint density at radius 2 is 2.17 bits per heavy atom. The van der Waals surface area contributed by atoms with E-state index in [0.29, 0.717) is 12.5 Å². The molecule has 1 saturated heterocycles. The molecule has 2 aliphatic rings. The van der Waals surface area contributed by atoms with Gasteiger partial charge in [-0.25, -0.2) is 0 Å². The Labute approximate surface area is 109 Å². The van der Waals surface area contributed by atoms with Gasteiger partial charge in [-0.1, -0.05) is 0 Å². The molecule has 0 aromatic carbocycles. The van der Waals surface area contributed by atoms with Gasteiger partial charge >= 0.3 is 0 Å². The smallest absolute Gasteiger partial charge is 0.239 e. The first-order chi connectivity index (χ1) is 8.52. The van der Waals surface area contributed by atoms with Crippen molar-refractivity contribution in [1.29, 1.82) is 0 Å². The van der Waals surface area contributed by atoms with Gasteiger partial charge in [-0.05, 0) is 44.6 Å². The number of carbonyl (C=O) groups excluding carboxylic acids is 1. The molecule has 0 spiro atoms. The molecule has 1 aliphatic carbocycles. The SMILES string of the molecule is CN(CC1CCCOC1)CC(N)(C(N)=O)C1CC1. The molecule has 1 aliphatic heterocycles. The molecule has 2 atom stereocenters. The molecular weight excluding hydrogens is 230 g/mol. The number of nitrogens with two attached hydrogens (primary N) is 2. The summed E-state index contributed by atoms with van der Waals surface area (Å²) in [4.78, 5) is 13.7. The van der Waals surface area contributed by atoms with E-state index < -0.39 is 5.54 Å². The Bertz CT molecular complexity index is 301. The summed E-state index contributed by atoms with van der Waals surface area (Å²) in [5, 5.41) is 0. The lowest BCUT2D eigenvalue weighted by Crippen LogP contribution is -2.60. The van der Waals surface area contributed by atoms with Crippen molar-refractivity contribution < 1.29 is 9.53 Å². The first kappa shape index (κ1) is 13.8. The third-order valence-corrected chi connectivity index (χ3v) is 4.12. The molecule has 2 rings (SSSR count). The van der Waals surface area contributed by atoms with E-state index in [4.69, 9.17) is 16.2 Å². The predicted octanol–water partition coefficient (Wildman–Crippen LogP) is -0.0624. The average Bonchev–Trinajstić information content (AvgIpc) is 3.13. The van der Waals surface area contributed by atoms with E-state index in [9.17, 15) is 4.79 Å². The molecule has 0 bridgehead atoms. The summed E-state index contributed by atoms with van der Waals surface area (Å²) < 4.78 is 5.47. The van der Waals surface area contributed by atoms with Crippen molar-refractivity contribution >= 4 is 5.91 Å². The standard InChI is InChI=1S/C13H25N3O2/c1-16(7-10-3-2-6-18-8-10)9-13(15,12(14)17)11-4-5-11/h10-11H,2-9,15H2,1H3,(H2,14,17). The number of nitrogens with zero attached hydrogens (tertiary/aromatic N) is 1. The minimum atomic E-state index is -0.843. The van der Waals surface area contributed by atoms with Crippen LogP contribution in [-0.4, -0.2) is 49.7 Å². The normalized spacial score (nSPS) is 28.1. The Balaban J connectivity index is 1.84. The number of primary amides is 1. The first-order valence-electron chi connectivity index (χ1n) is 6.87. The van der Waals surface area contributed by atoms with E-state index in [1.165, 1.54) is 6.42 Å². The number of ether oxygens (including phenoxy) is 1. The molecule has 104 valence electrons. The van der Waals surface area contributed by atoms with Crippen molar-refractivity contribution in [2.75, 3.05) is 33.4 Å². The fraction of sp³-hybridized carbons (Fsp3) is 0.923. The number of likely N-dealkylation sites (N-methyl/N-ethyl adjacent to an activating group) is 1. The van der Waals surface area contributed by atoms with Crippen LogP contribution in [-0.2, 0) is 9.53 Å². The van der Waals surface area contributed by atoms with Crippen LogP contribution in [0.5, 0.6) is 0 Å². The summed E-state index contributed by atoms with van der Waals surface area (Å²) in [5.41, 5.74) is 10.8. The average molecular weight is 255 g/mol. The van der Waals surface area contributed by atoms with Crippen LogP contribution >= 0.6 is 0 Å². The van der Waals surface area contributed by atoms with Crippen molar-refractivity contribution in [2.24, 2.45) is 23.3 Å². The summed E-state index contributed by atoms with van der Waals surface area (Å²) in [7, 11) is 2.02. The van der Waals surface area contributed by atoms with Crippen molar-refractivity contribution in [3.05, 3.63) is 0 Å². The molecule has 0 radical (unpaired) electrons. The second-order valence-corrected chi connectivity index (χ2v) is 5.96. The van der Waals surface area contributed by atoms with Gasteiger partial charge in [-0.3, -0.25) is 4.79 Å². The summed E-state index contributed by atoms with van der Waals surface area (Å²) in [5.74, 6) is 0.469. The summed E-state index contributed by atoms with van der Waals surface area (Å²) in [6.45, 7) is 3.19. The molecule has 0 aromatic heterocycles. The Hall–Kier alpha value is -0.650. The lowest BCUT2D eigenvalue weighted by Gasteiger charge is -2.33. The Morgan fingerprint density at radius 3 is 2.67 bits per heavy atom. The highest BCUT2D eigenvalue weighted by atomic mass is 16.5. The van der Waals surface area contributed by atoms with Crippen molar-refractivity contribution in [3.63, 3.8) is 0 Å². The molecule has 5 nitrogen and oxygen atoms in total. The van der Waals surface area contributed by atoms with Gasteiger partial charge in [0.25, 0.3) is 0 Å². The van der Waals surface area contributed by atoms with E-state index in [0.717, 1.165) is 39.0 Å². The monoisotopic (exact) mass is 255 g/mol. The summed E-state index contributed by atoms with van der Waals surface area (Å²) in [6, 6.07) is 0. The topological polar surface area (TPSA) is 81.6 Å².